The number of benzene rings is 1. The van der Waals surface area contributed by atoms with Gasteiger partial charge >= 0.3 is 0 Å². The Morgan fingerprint density at radius 2 is 2.08 bits per heavy atom. The molecule has 1 aliphatic heterocycles. The van der Waals surface area contributed by atoms with Gasteiger partial charge in [-0.3, -0.25) is 9.69 Å². The highest BCUT2D eigenvalue weighted by atomic mass is 16.5. The van der Waals surface area contributed by atoms with Crippen LogP contribution in [0.3, 0.4) is 0 Å². The Balaban J connectivity index is 1.17. The van der Waals surface area contributed by atoms with Crippen LogP contribution in [0.5, 0.6) is 5.75 Å². The lowest BCUT2D eigenvalue weighted by Crippen LogP contribution is -2.41. The number of allylic oxidation sites excluding steroid dienone is 1. The summed E-state index contributed by atoms with van der Waals surface area (Å²) in [6.07, 6.45) is 6.77. The summed E-state index contributed by atoms with van der Waals surface area (Å²) in [5, 5.41) is 6.74. The Labute approximate surface area is 208 Å². The van der Waals surface area contributed by atoms with Gasteiger partial charge in [0.15, 0.2) is 11.5 Å². The molecule has 0 radical (unpaired) electrons. The Morgan fingerprint density at radius 1 is 1.22 bits per heavy atom. The average Bonchev–Trinajstić information content (AvgIpc) is 3.62. The van der Waals surface area contributed by atoms with Crippen LogP contribution in [0.25, 0.3) is 11.2 Å². The number of primary amides is 1. The molecular weight excluding hydrogens is 460 g/mol. The van der Waals surface area contributed by atoms with Crippen molar-refractivity contribution in [1.29, 1.82) is 0 Å². The smallest absolute Gasteiger partial charge is 0.231 e. The fourth-order valence-corrected chi connectivity index (χ4v) is 5.47. The lowest BCUT2D eigenvalue weighted by atomic mass is 9.88. The molecule has 3 aliphatic rings. The number of carbonyl (C=O) groups excluding carboxylic acids is 1. The van der Waals surface area contributed by atoms with Gasteiger partial charge in [-0.25, -0.2) is 4.98 Å². The fourth-order valence-electron chi connectivity index (χ4n) is 5.47. The van der Waals surface area contributed by atoms with E-state index in [1.165, 1.54) is 0 Å². The second-order valence-electron chi connectivity index (χ2n) is 9.50. The van der Waals surface area contributed by atoms with Crippen LogP contribution in [-0.4, -0.2) is 76.2 Å². The maximum Gasteiger partial charge on any atom is 0.231 e. The van der Waals surface area contributed by atoms with Crippen LogP contribution in [0.4, 0.5) is 17.5 Å². The number of fused-ring (bicyclic) bond motifs is 3. The van der Waals surface area contributed by atoms with Crippen molar-refractivity contribution in [1.82, 2.24) is 24.8 Å². The van der Waals surface area contributed by atoms with Gasteiger partial charge in [-0.05, 0) is 30.4 Å². The average molecular weight is 491 g/mol. The zero-order valence-corrected chi connectivity index (χ0v) is 19.9. The number of ether oxygens (including phenoxy) is 2. The maximum absolute atomic E-state index is 12.2. The first-order chi connectivity index (χ1) is 17.6. The minimum Gasteiger partial charge on any atom is -0.492 e. The minimum absolute atomic E-state index is 0.122. The number of H-pyrrole nitrogens is 1. The molecule has 4 atom stereocenters. The van der Waals surface area contributed by atoms with Gasteiger partial charge in [-0.15, -0.1) is 0 Å². The molecule has 3 aromatic rings. The highest BCUT2D eigenvalue weighted by Crippen LogP contribution is 2.45. The molecule has 2 fully saturated rings. The normalized spacial score (nSPS) is 25.3. The fraction of sp³-hybridized carbons (Fsp3) is 0.440. The summed E-state index contributed by atoms with van der Waals surface area (Å²) in [6.45, 7) is 4.89. The van der Waals surface area contributed by atoms with Gasteiger partial charge in [0.05, 0.1) is 25.5 Å². The van der Waals surface area contributed by atoms with Crippen LogP contribution in [0.1, 0.15) is 6.42 Å². The van der Waals surface area contributed by atoms with Crippen molar-refractivity contribution >= 4 is 34.5 Å². The first-order valence-corrected chi connectivity index (χ1v) is 12.4. The van der Waals surface area contributed by atoms with Gasteiger partial charge in [0.1, 0.15) is 17.9 Å². The molecule has 6 rings (SSSR count). The molecule has 188 valence electrons. The summed E-state index contributed by atoms with van der Waals surface area (Å²) in [4.78, 5) is 31.2. The number of nitrogens with two attached hydrogens (primary N) is 1. The van der Waals surface area contributed by atoms with E-state index in [1.807, 2.05) is 24.3 Å². The Kier molecular flexibility index (Phi) is 6.16. The van der Waals surface area contributed by atoms with E-state index in [0.29, 0.717) is 29.5 Å². The molecule has 11 nitrogen and oxygen atoms in total. The molecule has 2 aromatic heterocycles. The number of hydrogen-bond acceptors (Lipinski definition) is 9. The predicted molar refractivity (Wildman–Crippen MR) is 135 cm³/mol. The summed E-state index contributed by atoms with van der Waals surface area (Å²) < 4.78 is 11.4. The van der Waals surface area contributed by atoms with Gasteiger partial charge in [-0.2, -0.15) is 9.97 Å². The quantitative estimate of drug-likeness (QED) is 0.331. The summed E-state index contributed by atoms with van der Waals surface area (Å²) >= 11 is 0. The maximum atomic E-state index is 12.2. The van der Waals surface area contributed by atoms with Crippen LogP contribution in [-0.2, 0) is 9.53 Å². The molecule has 1 amide bonds. The molecule has 36 heavy (non-hydrogen) atoms. The third-order valence-corrected chi connectivity index (χ3v) is 7.24. The van der Waals surface area contributed by atoms with E-state index in [4.69, 9.17) is 20.2 Å². The van der Waals surface area contributed by atoms with Gasteiger partial charge in [-0.1, -0.05) is 18.2 Å². The molecule has 11 heteroatoms. The van der Waals surface area contributed by atoms with Crippen molar-refractivity contribution in [2.24, 2.45) is 23.5 Å². The Hall–Kier alpha value is -3.70. The van der Waals surface area contributed by atoms with Crippen LogP contribution in [0, 0.1) is 17.8 Å². The summed E-state index contributed by atoms with van der Waals surface area (Å²) in [5.74, 6) is 1.59. The molecule has 4 unspecified atom stereocenters. The number of hydrogen-bond donors (Lipinski definition) is 4. The number of nitrogens with one attached hydrogen (secondary N) is 3. The number of aromatic nitrogens is 4. The monoisotopic (exact) mass is 490 g/mol. The highest BCUT2D eigenvalue weighted by Gasteiger charge is 2.47. The number of carbonyl (C=O) groups is 1. The SMILES string of the molecule is NC(=O)C1C2C=CC(C2)C1Nc1nc(Nc2cccc(OCCN3CCOCC3)c2)nc2[nH]cnc12. The largest absolute Gasteiger partial charge is 0.492 e. The molecule has 1 aromatic carbocycles. The number of rotatable bonds is 9. The van der Waals surface area contributed by atoms with Crippen molar-refractivity contribution in [3.8, 4) is 5.75 Å². The van der Waals surface area contributed by atoms with Gasteiger partial charge < -0.3 is 30.8 Å². The molecule has 0 spiro atoms. The molecule has 5 N–H and O–H groups in total. The van der Waals surface area contributed by atoms with Crippen molar-refractivity contribution in [3.63, 3.8) is 0 Å². The van der Waals surface area contributed by atoms with E-state index in [0.717, 1.165) is 50.7 Å². The molecule has 2 bridgehead atoms. The summed E-state index contributed by atoms with van der Waals surface area (Å²) in [7, 11) is 0. The van der Waals surface area contributed by atoms with Crippen LogP contribution in [0.2, 0.25) is 0 Å². The van der Waals surface area contributed by atoms with E-state index in [2.05, 4.69) is 42.6 Å². The Morgan fingerprint density at radius 3 is 2.94 bits per heavy atom. The van der Waals surface area contributed by atoms with E-state index >= 15 is 0 Å². The zero-order valence-electron chi connectivity index (χ0n) is 19.9. The second-order valence-corrected chi connectivity index (χ2v) is 9.50. The third kappa shape index (κ3) is 4.59. The number of anilines is 3. The zero-order chi connectivity index (χ0) is 24.5. The third-order valence-electron chi connectivity index (χ3n) is 7.24. The van der Waals surface area contributed by atoms with Crippen molar-refractivity contribution in [2.45, 2.75) is 12.5 Å². The van der Waals surface area contributed by atoms with Crippen molar-refractivity contribution in [2.75, 3.05) is 50.1 Å². The first-order valence-electron chi connectivity index (χ1n) is 12.4. The first kappa shape index (κ1) is 22.7. The number of nitrogens with zero attached hydrogens (tertiary/aromatic N) is 4. The topological polar surface area (TPSA) is 143 Å². The van der Waals surface area contributed by atoms with Gasteiger partial charge in [0.25, 0.3) is 0 Å². The van der Waals surface area contributed by atoms with E-state index in [-0.39, 0.29) is 29.7 Å². The lowest BCUT2D eigenvalue weighted by molar-refractivity contribution is -0.122. The summed E-state index contributed by atoms with van der Waals surface area (Å²) in [6, 6.07) is 7.61. The molecule has 2 aliphatic carbocycles. The van der Waals surface area contributed by atoms with Gasteiger partial charge in [0.2, 0.25) is 11.9 Å². The van der Waals surface area contributed by atoms with E-state index in [9.17, 15) is 4.79 Å². The standard InChI is InChI=1S/C25H30N8O3/c26-22(34)19-15-4-5-16(12-15)20(19)30-24-21-23(28-14-27-21)31-25(32-24)29-17-2-1-3-18(13-17)36-11-8-33-6-9-35-10-7-33/h1-5,13-16,19-20H,6-12H2,(H2,26,34)(H3,27,28,29,30,31,32). The van der Waals surface area contributed by atoms with Crippen LogP contribution < -0.4 is 21.1 Å². The molecule has 3 heterocycles. The number of imidazole rings is 1. The van der Waals surface area contributed by atoms with Crippen molar-refractivity contribution < 1.29 is 14.3 Å². The molecular formula is C25H30N8O3. The predicted octanol–water partition coefficient (Wildman–Crippen LogP) is 1.90. The Bertz CT molecular complexity index is 1270. The van der Waals surface area contributed by atoms with Crippen LogP contribution >= 0.6 is 0 Å². The molecule has 1 saturated carbocycles. The number of aromatic amines is 1. The second kappa shape index (κ2) is 9.75. The van der Waals surface area contributed by atoms with Gasteiger partial charge in [0, 0.05) is 37.4 Å². The van der Waals surface area contributed by atoms with E-state index in [1.54, 1.807) is 6.33 Å². The molecule has 1 saturated heterocycles. The lowest BCUT2D eigenvalue weighted by Gasteiger charge is -2.27. The number of amides is 1. The van der Waals surface area contributed by atoms with Crippen molar-refractivity contribution in [3.05, 3.63) is 42.7 Å². The highest BCUT2D eigenvalue weighted by molar-refractivity contribution is 5.85. The summed E-state index contributed by atoms with van der Waals surface area (Å²) in [5.41, 5.74) is 7.77. The van der Waals surface area contributed by atoms with Crippen LogP contribution in [0.15, 0.2) is 42.7 Å². The van der Waals surface area contributed by atoms with E-state index < -0.39 is 0 Å². The number of morpholine rings is 1. The minimum atomic E-state index is -0.291.